The normalized spacial score (nSPS) is 9.56. The Hall–Kier alpha value is -1.84. The average molecular weight is 250 g/mol. The zero-order chi connectivity index (χ0) is 13.4. The lowest BCUT2D eigenvalue weighted by Gasteiger charge is -1.97. The van der Waals surface area contributed by atoms with Crippen molar-refractivity contribution in [3.63, 3.8) is 0 Å². The van der Waals surface area contributed by atoms with Gasteiger partial charge in [0.2, 0.25) is 0 Å². The molecule has 0 radical (unpaired) electrons. The molecule has 0 amide bonds. The molecule has 4 nitrogen and oxygen atoms in total. The summed E-state index contributed by atoms with van der Waals surface area (Å²) in [5.41, 5.74) is 2.91. The molecule has 2 aromatic rings. The molecule has 2 rings (SSSR count). The van der Waals surface area contributed by atoms with Gasteiger partial charge in [0.15, 0.2) is 11.5 Å². The van der Waals surface area contributed by atoms with E-state index in [4.69, 9.17) is 9.47 Å². The smallest absolute Gasteiger partial charge is 0.178 e. The van der Waals surface area contributed by atoms with E-state index in [1.807, 2.05) is 0 Å². The largest absolute Gasteiger partial charge is 0.491 e. The summed E-state index contributed by atoms with van der Waals surface area (Å²) in [5.74, 6) is 1.47. The highest BCUT2D eigenvalue weighted by Crippen LogP contribution is 2.24. The molecule has 0 spiro atoms. The van der Waals surface area contributed by atoms with E-state index >= 15 is 0 Å². The molecule has 0 aliphatic rings. The van der Waals surface area contributed by atoms with Crippen LogP contribution in [0.3, 0.4) is 0 Å². The van der Waals surface area contributed by atoms with Crippen LogP contribution in [0.1, 0.15) is 25.0 Å². The molecular formula is C14H22N2O2. The molecule has 0 atom stereocenters. The average Bonchev–Trinajstić information content (AvgIpc) is 3.06. The monoisotopic (exact) mass is 250 g/mol. The fourth-order valence-corrected chi connectivity index (χ4v) is 1.74. The maximum atomic E-state index is 4.92. The molecule has 0 aliphatic heterocycles. The van der Waals surface area contributed by atoms with E-state index < -0.39 is 0 Å². The molecule has 2 N–H and O–H groups in total. The third kappa shape index (κ3) is 3.58. The second kappa shape index (κ2) is 7.48. The van der Waals surface area contributed by atoms with Crippen molar-refractivity contribution in [2.24, 2.45) is 0 Å². The van der Waals surface area contributed by atoms with Crippen molar-refractivity contribution in [1.82, 2.24) is 9.97 Å². The number of rotatable bonds is 4. The van der Waals surface area contributed by atoms with Gasteiger partial charge in [0.25, 0.3) is 0 Å². The minimum absolute atomic E-state index is 0.734. The van der Waals surface area contributed by atoms with Crippen LogP contribution in [0.25, 0.3) is 0 Å². The van der Waals surface area contributed by atoms with Crippen LogP contribution < -0.4 is 9.47 Å². The Labute approximate surface area is 108 Å². The highest BCUT2D eigenvalue weighted by Gasteiger charge is 2.00. The van der Waals surface area contributed by atoms with E-state index in [0.717, 1.165) is 24.3 Å². The minimum Gasteiger partial charge on any atom is -0.491 e. The van der Waals surface area contributed by atoms with Gasteiger partial charge in [-0.25, -0.2) is 0 Å². The summed E-state index contributed by atoms with van der Waals surface area (Å²) in [4.78, 5) is 5.95. The van der Waals surface area contributed by atoms with Crippen molar-refractivity contribution in [2.75, 3.05) is 14.2 Å². The van der Waals surface area contributed by atoms with Gasteiger partial charge in [0.05, 0.1) is 14.2 Å². The number of nitrogens with one attached hydrogen (secondary N) is 2. The third-order valence-corrected chi connectivity index (χ3v) is 2.80. The van der Waals surface area contributed by atoms with Gasteiger partial charge < -0.3 is 19.4 Å². The van der Waals surface area contributed by atoms with Gasteiger partial charge in [0.1, 0.15) is 0 Å². The Morgan fingerprint density at radius 3 is 1.50 bits per heavy atom. The summed E-state index contributed by atoms with van der Waals surface area (Å²) in [6, 6.07) is 0. The van der Waals surface area contributed by atoms with E-state index in [2.05, 4.69) is 36.2 Å². The Kier molecular flexibility index (Phi) is 5.91. The van der Waals surface area contributed by atoms with Crippen LogP contribution in [0.4, 0.5) is 0 Å². The number of ether oxygens (including phenoxy) is 2. The van der Waals surface area contributed by atoms with Crippen molar-refractivity contribution in [3.8, 4) is 11.5 Å². The number of aromatic nitrogens is 2. The van der Waals surface area contributed by atoms with Crippen molar-refractivity contribution >= 4 is 0 Å². The lowest BCUT2D eigenvalue weighted by Crippen LogP contribution is -1.84. The van der Waals surface area contributed by atoms with Crippen LogP contribution in [0, 0.1) is 0 Å². The second-order valence-electron chi connectivity index (χ2n) is 3.81. The molecule has 18 heavy (non-hydrogen) atoms. The van der Waals surface area contributed by atoms with Gasteiger partial charge in [-0.1, -0.05) is 13.8 Å². The zero-order valence-electron chi connectivity index (χ0n) is 11.5. The molecule has 0 saturated heterocycles. The minimum atomic E-state index is 0.734. The molecule has 2 heterocycles. The zero-order valence-corrected chi connectivity index (χ0v) is 11.5. The van der Waals surface area contributed by atoms with E-state index in [9.17, 15) is 0 Å². The molecule has 0 fully saturated rings. The third-order valence-electron chi connectivity index (χ3n) is 2.80. The standard InChI is InChI=1S/C8H13N.C6H9NO2/c1-3-7-5-9-6-8(7)4-2;1-8-5-3-7-4-6(5)9-2/h5-6,9H,3-4H2,1-2H3;3-4,7H,1-2H3. The van der Waals surface area contributed by atoms with Crippen LogP contribution in [-0.2, 0) is 12.8 Å². The van der Waals surface area contributed by atoms with Crippen molar-refractivity contribution in [3.05, 3.63) is 35.9 Å². The molecule has 100 valence electrons. The summed E-state index contributed by atoms with van der Waals surface area (Å²) < 4.78 is 9.84. The first kappa shape index (κ1) is 14.2. The van der Waals surface area contributed by atoms with Crippen LogP contribution in [0.2, 0.25) is 0 Å². The number of H-pyrrole nitrogens is 2. The van der Waals surface area contributed by atoms with E-state index in [-0.39, 0.29) is 0 Å². The summed E-state index contributed by atoms with van der Waals surface area (Å²) in [6.07, 6.45) is 9.93. The lowest BCUT2D eigenvalue weighted by molar-refractivity contribution is 0.358. The van der Waals surface area contributed by atoms with E-state index in [1.165, 1.54) is 11.1 Å². The molecule has 0 aromatic carbocycles. The molecule has 0 bridgehead atoms. The number of hydrogen-bond acceptors (Lipinski definition) is 2. The fraction of sp³-hybridized carbons (Fsp3) is 0.429. The molecule has 4 heteroatoms. The van der Waals surface area contributed by atoms with Gasteiger partial charge >= 0.3 is 0 Å². The topological polar surface area (TPSA) is 50.0 Å². The number of methoxy groups -OCH3 is 2. The number of aromatic amines is 2. The Bertz CT molecular complexity index is 367. The van der Waals surface area contributed by atoms with Crippen molar-refractivity contribution in [2.45, 2.75) is 26.7 Å². The van der Waals surface area contributed by atoms with Gasteiger partial charge in [-0.15, -0.1) is 0 Å². The second-order valence-corrected chi connectivity index (χ2v) is 3.81. The highest BCUT2D eigenvalue weighted by molar-refractivity contribution is 5.36. The first-order chi connectivity index (χ1) is 8.76. The quantitative estimate of drug-likeness (QED) is 0.875. The maximum absolute atomic E-state index is 4.92. The van der Waals surface area contributed by atoms with Crippen LogP contribution in [0.5, 0.6) is 11.5 Å². The van der Waals surface area contributed by atoms with Crippen LogP contribution in [0.15, 0.2) is 24.8 Å². The molecule has 0 unspecified atom stereocenters. The van der Waals surface area contributed by atoms with Crippen LogP contribution >= 0.6 is 0 Å². The first-order valence-corrected chi connectivity index (χ1v) is 6.16. The van der Waals surface area contributed by atoms with Gasteiger partial charge in [-0.05, 0) is 24.0 Å². The van der Waals surface area contributed by atoms with Gasteiger partial charge in [-0.2, -0.15) is 0 Å². The Balaban J connectivity index is 0.000000180. The predicted molar refractivity (Wildman–Crippen MR) is 73.4 cm³/mol. The molecule has 0 saturated carbocycles. The van der Waals surface area contributed by atoms with Gasteiger partial charge in [-0.3, -0.25) is 0 Å². The van der Waals surface area contributed by atoms with Crippen LogP contribution in [-0.4, -0.2) is 24.2 Å². The first-order valence-electron chi connectivity index (χ1n) is 6.16. The SMILES string of the molecule is CCc1c[nH]cc1CC.COc1c[nH]cc1OC. The fourth-order valence-electron chi connectivity index (χ4n) is 1.74. The van der Waals surface area contributed by atoms with Gasteiger partial charge in [0, 0.05) is 24.8 Å². The van der Waals surface area contributed by atoms with Crippen molar-refractivity contribution in [1.29, 1.82) is 0 Å². The lowest BCUT2D eigenvalue weighted by atomic mass is 10.1. The van der Waals surface area contributed by atoms with E-state index in [1.54, 1.807) is 26.6 Å². The Morgan fingerprint density at radius 2 is 1.17 bits per heavy atom. The Morgan fingerprint density at radius 1 is 0.778 bits per heavy atom. The molecular weight excluding hydrogens is 228 g/mol. The summed E-state index contributed by atoms with van der Waals surface area (Å²) in [7, 11) is 3.21. The number of hydrogen-bond donors (Lipinski definition) is 2. The predicted octanol–water partition coefficient (Wildman–Crippen LogP) is 3.17. The summed E-state index contributed by atoms with van der Waals surface area (Å²) >= 11 is 0. The highest BCUT2D eigenvalue weighted by atomic mass is 16.5. The van der Waals surface area contributed by atoms with E-state index in [0.29, 0.717) is 0 Å². The summed E-state index contributed by atoms with van der Waals surface area (Å²) in [5, 5.41) is 0. The maximum Gasteiger partial charge on any atom is 0.178 e. The molecule has 0 aliphatic carbocycles. The number of aryl methyl sites for hydroxylation is 2. The van der Waals surface area contributed by atoms with Crippen molar-refractivity contribution < 1.29 is 9.47 Å². The summed E-state index contributed by atoms with van der Waals surface area (Å²) in [6.45, 7) is 4.37. The molecule has 2 aromatic heterocycles.